The minimum atomic E-state index is -3.90. The Morgan fingerprint density at radius 2 is 1.87 bits per heavy atom. The molecule has 2 aliphatic rings. The van der Waals surface area contributed by atoms with Gasteiger partial charge in [0.15, 0.2) is 0 Å². The molecular formula is C23H27NO6S. The van der Waals surface area contributed by atoms with E-state index in [0.29, 0.717) is 30.7 Å². The van der Waals surface area contributed by atoms with Crippen molar-refractivity contribution in [3.8, 4) is 11.5 Å². The van der Waals surface area contributed by atoms with Gasteiger partial charge in [0.25, 0.3) is 0 Å². The molecular weight excluding hydrogens is 418 g/mol. The molecule has 8 heteroatoms. The number of sulfone groups is 1. The second-order valence-corrected chi connectivity index (χ2v) is 10.6. The molecule has 2 aliphatic heterocycles. The van der Waals surface area contributed by atoms with Crippen molar-refractivity contribution in [1.82, 2.24) is 4.90 Å². The van der Waals surface area contributed by atoms with Crippen LogP contribution in [0.4, 0.5) is 0 Å². The summed E-state index contributed by atoms with van der Waals surface area (Å²) in [7, 11) is -2.50. The molecule has 2 unspecified atom stereocenters. The zero-order valence-corrected chi connectivity index (χ0v) is 18.9. The summed E-state index contributed by atoms with van der Waals surface area (Å²) in [5.74, 6) is 0.490. The number of fused-ring (bicyclic) bond motifs is 1. The summed E-state index contributed by atoms with van der Waals surface area (Å²) in [5, 5.41) is 11.1. The van der Waals surface area contributed by atoms with E-state index >= 15 is 0 Å². The third kappa shape index (κ3) is 3.57. The minimum absolute atomic E-state index is 0.0234. The van der Waals surface area contributed by atoms with Gasteiger partial charge in [-0.15, -0.1) is 0 Å². The number of rotatable bonds is 4. The number of methoxy groups -OCH3 is 1. The van der Waals surface area contributed by atoms with E-state index in [4.69, 9.17) is 9.47 Å². The lowest BCUT2D eigenvalue weighted by atomic mass is 9.85. The zero-order chi connectivity index (χ0) is 22.6. The molecule has 0 spiro atoms. The molecule has 0 radical (unpaired) electrons. The van der Waals surface area contributed by atoms with Crippen LogP contribution in [0.2, 0.25) is 0 Å². The molecule has 1 amide bonds. The molecule has 0 aromatic heterocycles. The standard InChI is InChI=1S/C23H27NO6S/c1-14-7-9-15(10-8-14)31(27,28)19-12-16-17(13-18(19)29-4)30-23(2,3)22(26)21(16)24-11-5-6-20(24)25/h7-10,12-13,21-22,26H,5-6,11H2,1-4H3. The van der Waals surface area contributed by atoms with Crippen molar-refractivity contribution in [3.63, 3.8) is 0 Å². The summed E-state index contributed by atoms with van der Waals surface area (Å²) in [5.41, 5.74) is 0.444. The number of ether oxygens (including phenoxy) is 2. The van der Waals surface area contributed by atoms with E-state index in [1.165, 1.54) is 19.2 Å². The number of carbonyl (C=O) groups is 1. The van der Waals surface area contributed by atoms with Crippen LogP contribution in [0.25, 0.3) is 0 Å². The first-order chi connectivity index (χ1) is 14.6. The number of aliphatic hydroxyl groups is 1. The lowest BCUT2D eigenvalue weighted by molar-refractivity contribution is -0.139. The molecule has 2 atom stereocenters. The van der Waals surface area contributed by atoms with Gasteiger partial charge in [0.2, 0.25) is 15.7 Å². The number of hydrogen-bond acceptors (Lipinski definition) is 6. The molecule has 2 aromatic rings. The second-order valence-electron chi connectivity index (χ2n) is 8.64. The maximum atomic E-state index is 13.4. The van der Waals surface area contributed by atoms with Crippen LogP contribution in [0.3, 0.4) is 0 Å². The van der Waals surface area contributed by atoms with Gasteiger partial charge in [-0.2, -0.15) is 0 Å². The van der Waals surface area contributed by atoms with Crippen LogP contribution in [0, 0.1) is 6.92 Å². The van der Waals surface area contributed by atoms with Crippen molar-refractivity contribution < 1.29 is 27.8 Å². The van der Waals surface area contributed by atoms with E-state index in [1.54, 1.807) is 43.0 Å². The topological polar surface area (TPSA) is 93.1 Å². The number of aliphatic hydroxyl groups excluding tert-OH is 1. The smallest absolute Gasteiger partial charge is 0.223 e. The van der Waals surface area contributed by atoms with Gasteiger partial charge in [0.1, 0.15) is 28.1 Å². The Hall–Kier alpha value is -2.58. The van der Waals surface area contributed by atoms with E-state index in [1.807, 2.05) is 6.92 Å². The highest BCUT2D eigenvalue weighted by Crippen LogP contribution is 2.47. The normalized spacial score (nSPS) is 22.7. The molecule has 0 aliphatic carbocycles. The third-order valence-corrected chi connectivity index (χ3v) is 7.86. The molecule has 1 fully saturated rings. The predicted molar refractivity (Wildman–Crippen MR) is 114 cm³/mol. The number of benzene rings is 2. The molecule has 1 N–H and O–H groups in total. The SMILES string of the molecule is COc1cc2c(cc1S(=O)(=O)c1ccc(C)cc1)C(N1CCCC1=O)C(O)C(C)(C)O2. The molecule has 31 heavy (non-hydrogen) atoms. The summed E-state index contributed by atoms with van der Waals surface area (Å²) < 4.78 is 38.3. The first kappa shape index (κ1) is 21.6. The van der Waals surface area contributed by atoms with Crippen molar-refractivity contribution in [3.05, 3.63) is 47.5 Å². The van der Waals surface area contributed by atoms with Gasteiger partial charge in [-0.05, 0) is 45.4 Å². The van der Waals surface area contributed by atoms with Gasteiger partial charge < -0.3 is 19.5 Å². The molecule has 7 nitrogen and oxygen atoms in total. The summed E-state index contributed by atoms with van der Waals surface area (Å²) in [6, 6.07) is 8.90. The van der Waals surface area contributed by atoms with Crippen molar-refractivity contribution >= 4 is 15.7 Å². The number of hydrogen-bond donors (Lipinski definition) is 1. The van der Waals surface area contributed by atoms with Crippen LogP contribution in [-0.2, 0) is 14.6 Å². The number of likely N-dealkylation sites (tertiary alicyclic amines) is 1. The van der Waals surface area contributed by atoms with Gasteiger partial charge in [-0.3, -0.25) is 4.79 Å². The highest BCUT2D eigenvalue weighted by atomic mass is 32.2. The van der Waals surface area contributed by atoms with Crippen LogP contribution in [-0.4, -0.2) is 49.7 Å². The van der Waals surface area contributed by atoms with Crippen molar-refractivity contribution in [2.24, 2.45) is 0 Å². The highest BCUT2D eigenvalue weighted by Gasteiger charge is 2.48. The van der Waals surface area contributed by atoms with Gasteiger partial charge >= 0.3 is 0 Å². The largest absolute Gasteiger partial charge is 0.495 e. The Kier molecular flexibility index (Phi) is 5.26. The zero-order valence-electron chi connectivity index (χ0n) is 18.1. The first-order valence-corrected chi connectivity index (χ1v) is 11.7. The molecule has 2 aromatic carbocycles. The highest BCUT2D eigenvalue weighted by molar-refractivity contribution is 7.91. The molecule has 0 saturated carbocycles. The molecule has 166 valence electrons. The van der Waals surface area contributed by atoms with E-state index in [-0.39, 0.29) is 21.4 Å². The van der Waals surface area contributed by atoms with Gasteiger partial charge in [0, 0.05) is 24.6 Å². The number of carbonyl (C=O) groups excluding carboxylic acids is 1. The summed E-state index contributed by atoms with van der Waals surface area (Å²) in [6.07, 6.45) is 0.0822. The summed E-state index contributed by atoms with van der Waals surface area (Å²) in [6.45, 7) is 5.88. The van der Waals surface area contributed by atoms with Crippen molar-refractivity contribution in [1.29, 1.82) is 0 Å². The number of aryl methyl sites for hydroxylation is 1. The minimum Gasteiger partial charge on any atom is -0.495 e. The third-order valence-electron chi connectivity index (χ3n) is 6.07. The Labute approximate surface area is 182 Å². The predicted octanol–water partition coefficient (Wildman–Crippen LogP) is 3.03. The lowest BCUT2D eigenvalue weighted by Crippen LogP contribution is -2.53. The van der Waals surface area contributed by atoms with Crippen LogP contribution in [0.15, 0.2) is 46.2 Å². The van der Waals surface area contributed by atoms with E-state index in [9.17, 15) is 18.3 Å². The Morgan fingerprint density at radius 1 is 1.19 bits per heavy atom. The van der Waals surface area contributed by atoms with Crippen molar-refractivity contribution in [2.45, 2.75) is 61.2 Å². The monoisotopic (exact) mass is 445 g/mol. The molecule has 4 rings (SSSR count). The molecule has 0 bridgehead atoms. The van der Waals surface area contributed by atoms with E-state index < -0.39 is 27.6 Å². The van der Waals surface area contributed by atoms with Crippen LogP contribution in [0.1, 0.15) is 43.9 Å². The fraction of sp³-hybridized carbons (Fsp3) is 0.435. The van der Waals surface area contributed by atoms with Gasteiger partial charge in [0.05, 0.1) is 18.0 Å². The van der Waals surface area contributed by atoms with E-state index in [2.05, 4.69) is 0 Å². The van der Waals surface area contributed by atoms with Crippen LogP contribution in [0.5, 0.6) is 11.5 Å². The molecule has 2 heterocycles. The fourth-order valence-corrected chi connectivity index (χ4v) is 5.72. The maximum Gasteiger partial charge on any atom is 0.223 e. The second kappa shape index (κ2) is 7.53. The average Bonchev–Trinajstić information content (AvgIpc) is 3.13. The Balaban J connectivity index is 1.92. The number of nitrogens with zero attached hydrogens (tertiary/aromatic N) is 1. The van der Waals surface area contributed by atoms with E-state index in [0.717, 1.165) is 5.56 Å². The maximum absolute atomic E-state index is 13.4. The Bertz CT molecular complexity index is 1120. The fourth-order valence-electron chi connectivity index (χ4n) is 4.29. The lowest BCUT2D eigenvalue weighted by Gasteiger charge is -2.45. The molecule has 1 saturated heterocycles. The number of amides is 1. The van der Waals surface area contributed by atoms with Crippen LogP contribution < -0.4 is 9.47 Å². The van der Waals surface area contributed by atoms with Crippen molar-refractivity contribution in [2.75, 3.05) is 13.7 Å². The van der Waals surface area contributed by atoms with Crippen LogP contribution >= 0.6 is 0 Å². The first-order valence-electron chi connectivity index (χ1n) is 10.3. The van der Waals surface area contributed by atoms with Gasteiger partial charge in [-0.25, -0.2) is 8.42 Å². The quantitative estimate of drug-likeness (QED) is 0.778. The van der Waals surface area contributed by atoms with Gasteiger partial charge in [-0.1, -0.05) is 17.7 Å². The summed E-state index contributed by atoms with van der Waals surface area (Å²) >= 11 is 0. The Morgan fingerprint density at radius 3 is 2.45 bits per heavy atom. The summed E-state index contributed by atoms with van der Waals surface area (Å²) in [4.78, 5) is 14.3. The average molecular weight is 446 g/mol.